The first kappa shape index (κ1) is 17.0. The summed E-state index contributed by atoms with van der Waals surface area (Å²) in [6.45, 7) is -2.44. The molecule has 144 valence electrons. The van der Waals surface area contributed by atoms with Gasteiger partial charge in [-0.2, -0.15) is 13.9 Å². The Bertz CT molecular complexity index is 1140. The Balaban J connectivity index is 1.53. The zero-order valence-corrected chi connectivity index (χ0v) is 14.8. The van der Waals surface area contributed by atoms with Crippen molar-refractivity contribution >= 4 is 16.8 Å². The number of hydrogen-bond donors (Lipinski definition) is 0. The van der Waals surface area contributed by atoms with Crippen molar-refractivity contribution in [1.82, 2.24) is 24.2 Å². The van der Waals surface area contributed by atoms with Crippen LogP contribution in [0, 0.1) is 0 Å². The lowest BCUT2D eigenvalue weighted by molar-refractivity contribution is 0.0541. The van der Waals surface area contributed by atoms with E-state index in [4.69, 9.17) is 0 Å². The van der Waals surface area contributed by atoms with Crippen LogP contribution in [0.25, 0.3) is 10.9 Å². The molecule has 0 N–H and O–H groups in total. The van der Waals surface area contributed by atoms with Crippen LogP contribution in [-0.2, 0) is 13.0 Å². The number of fused-ring (bicyclic) bond motifs is 4. The van der Waals surface area contributed by atoms with Gasteiger partial charge in [-0.05, 0) is 31.0 Å². The molecule has 2 aliphatic heterocycles. The van der Waals surface area contributed by atoms with E-state index in [-0.39, 0.29) is 29.2 Å². The standard InChI is InChI=1S/C19H17F2N5O2/c20-19(21)25-8-7-15(23-25)18(28)26-11-5-6-12(26)10-24-16(9-11)22-14-4-2-1-3-13(14)17(24)27/h1-4,7-8,11-12,19H,5-6,9-10H2/t11-,12+/m1/s1. The maximum atomic E-state index is 13.0. The predicted molar refractivity (Wildman–Crippen MR) is 96.2 cm³/mol. The Hall–Kier alpha value is -3.10. The monoisotopic (exact) mass is 385 g/mol. The lowest BCUT2D eigenvalue weighted by atomic mass is 10.1. The van der Waals surface area contributed by atoms with Gasteiger partial charge in [-0.25, -0.2) is 9.67 Å². The summed E-state index contributed by atoms with van der Waals surface area (Å²) in [7, 11) is 0. The summed E-state index contributed by atoms with van der Waals surface area (Å²) in [5.41, 5.74) is 0.529. The summed E-state index contributed by atoms with van der Waals surface area (Å²) in [5, 5.41) is 4.27. The van der Waals surface area contributed by atoms with E-state index in [1.165, 1.54) is 6.07 Å². The SMILES string of the molecule is O=C(c1ccn(C(F)F)n1)N1[C@@H]2CC[C@H]1Cn1c(nc3ccccc3c1=O)C2. The van der Waals surface area contributed by atoms with E-state index < -0.39 is 6.55 Å². The Labute approximate surface area is 158 Å². The van der Waals surface area contributed by atoms with Gasteiger partial charge in [0, 0.05) is 25.2 Å². The summed E-state index contributed by atoms with van der Waals surface area (Å²) in [5.74, 6) is 0.282. The number of amides is 1. The van der Waals surface area contributed by atoms with Crippen LogP contribution in [0.4, 0.5) is 8.78 Å². The molecule has 0 unspecified atom stereocenters. The van der Waals surface area contributed by atoms with E-state index in [1.54, 1.807) is 27.7 Å². The van der Waals surface area contributed by atoms with E-state index in [9.17, 15) is 18.4 Å². The largest absolute Gasteiger partial charge is 0.333 e. The van der Waals surface area contributed by atoms with Crippen molar-refractivity contribution in [2.75, 3.05) is 0 Å². The van der Waals surface area contributed by atoms with Gasteiger partial charge < -0.3 is 4.90 Å². The number of halogens is 2. The van der Waals surface area contributed by atoms with Crippen LogP contribution in [-0.4, -0.2) is 42.2 Å². The Morgan fingerprint density at radius 3 is 2.71 bits per heavy atom. The Kier molecular flexibility index (Phi) is 3.78. The van der Waals surface area contributed by atoms with Gasteiger partial charge in [-0.3, -0.25) is 14.2 Å². The van der Waals surface area contributed by atoms with Gasteiger partial charge in [0.05, 0.1) is 16.9 Å². The molecule has 0 aliphatic carbocycles. The first-order chi connectivity index (χ1) is 13.5. The van der Waals surface area contributed by atoms with Crippen LogP contribution < -0.4 is 5.56 Å². The zero-order valence-electron chi connectivity index (χ0n) is 14.8. The van der Waals surface area contributed by atoms with Crippen LogP contribution in [0.3, 0.4) is 0 Å². The average Bonchev–Trinajstić information content (AvgIpc) is 3.27. The maximum Gasteiger partial charge on any atom is 0.333 e. The van der Waals surface area contributed by atoms with E-state index >= 15 is 0 Å². The highest BCUT2D eigenvalue weighted by Gasteiger charge is 2.41. The van der Waals surface area contributed by atoms with Crippen molar-refractivity contribution in [2.24, 2.45) is 0 Å². The summed E-state index contributed by atoms with van der Waals surface area (Å²) in [6, 6.07) is 8.19. The molecule has 1 fully saturated rings. The lowest BCUT2D eigenvalue weighted by Crippen LogP contribution is -2.42. The van der Waals surface area contributed by atoms with E-state index in [0.29, 0.717) is 34.4 Å². The molecule has 0 spiro atoms. The second-order valence-electron chi connectivity index (χ2n) is 7.22. The molecule has 2 aliphatic rings. The minimum atomic E-state index is -2.79. The van der Waals surface area contributed by atoms with E-state index in [0.717, 1.165) is 19.0 Å². The number of hydrogen-bond acceptors (Lipinski definition) is 4. The molecule has 3 aromatic rings. The fourth-order valence-corrected chi connectivity index (χ4v) is 4.35. The third-order valence-corrected chi connectivity index (χ3v) is 5.63. The first-order valence-electron chi connectivity index (χ1n) is 9.17. The van der Waals surface area contributed by atoms with Gasteiger partial charge in [-0.15, -0.1) is 0 Å². The molecule has 1 amide bonds. The molecule has 28 heavy (non-hydrogen) atoms. The Morgan fingerprint density at radius 2 is 1.93 bits per heavy atom. The summed E-state index contributed by atoms with van der Waals surface area (Å²) in [6.07, 6.45) is 3.10. The van der Waals surface area contributed by atoms with Crippen molar-refractivity contribution in [1.29, 1.82) is 0 Å². The van der Waals surface area contributed by atoms with Gasteiger partial charge >= 0.3 is 6.55 Å². The number of alkyl halides is 2. The van der Waals surface area contributed by atoms with Gasteiger partial charge in [0.2, 0.25) is 0 Å². The molecule has 7 nitrogen and oxygen atoms in total. The quantitative estimate of drug-likeness (QED) is 0.678. The van der Waals surface area contributed by atoms with Gasteiger partial charge in [0.1, 0.15) is 5.82 Å². The van der Waals surface area contributed by atoms with Crippen LogP contribution in [0.2, 0.25) is 0 Å². The third kappa shape index (κ3) is 2.53. The minimum Gasteiger partial charge on any atom is -0.329 e. The van der Waals surface area contributed by atoms with Gasteiger partial charge in [0.25, 0.3) is 11.5 Å². The molecule has 1 saturated heterocycles. The number of benzene rings is 1. The molecule has 9 heteroatoms. The van der Waals surface area contributed by atoms with E-state index in [1.807, 2.05) is 6.07 Å². The number of aromatic nitrogens is 4. The predicted octanol–water partition coefficient (Wildman–Crippen LogP) is 2.22. The summed E-state index contributed by atoms with van der Waals surface area (Å²) >= 11 is 0. The van der Waals surface area contributed by atoms with Gasteiger partial charge in [-0.1, -0.05) is 12.1 Å². The topological polar surface area (TPSA) is 73.0 Å². The normalized spacial score (nSPS) is 21.2. The average molecular weight is 385 g/mol. The molecule has 0 saturated carbocycles. The number of para-hydroxylation sites is 1. The highest BCUT2D eigenvalue weighted by Crippen LogP contribution is 2.32. The second-order valence-corrected chi connectivity index (χ2v) is 7.22. The van der Waals surface area contributed by atoms with E-state index in [2.05, 4.69) is 10.1 Å². The number of nitrogens with zero attached hydrogens (tertiary/aromatic N) is 5. The smallest absolute Gasteiger partial charge is 0.329 e. The van der Waals surface area contributed by atoms with Crippen molar-refractivity contribution in [3.05, 3.63) is 58.4 Å². The lowest BCUT2D eigenvalue weighted by Gasteiger charge is -2.27. The second kappa shape index (κ2) is 6.22. The number of carbonyl (C=O) groups excluding carboxylic acids is 1. The zero-order chi connectivity index (χ0) is 19.4. The molecule has 1 aromatic carbocycles. The third-order valence-electron chi connectivity index (χ3n) is 5.63. The molecular weight excluding hydrogens is 368 g/mol. The summed E-state index contributed by atoms with van der Waals surface area (Å²) in [4.78, 5) is 32.3. The molecule has 0 radical (unpaired) electrons. The first-order valence-corrected chi connectivity index (χ1v) is 9.17. The number of rotatable bonds is 2. The number of carbonyl (C=O) groups is 1. The van der Waals surface area contributed by atoms with Crippen molar-refractivity contribution < 1.29 is 13.6 Å². The Morgan fingerprint density at radius 1 is 1.14 bits per heavy atom. The molecule has 4 heterocycles. The maximum absolute atomic E-state index is 13.0. The molecule has 2 aromatic heterocycles. The van der Waals surface area contributed by atoms with Crippen LogP contribution in [0.1, 0.15) is 35.7 Å². The molecular formula is C19H17F2N5O2. The van der Waals surface area contributed by atoms with Crippen LogP contribution in [0.15, 0.2) is 41.3 Å². The van der Waals surface area contributed by atoms with Crippen LogP contribution >= 0.6 is 0 Å². The van der Waals surface area contributed by atoms with Crippen molar-refractivity contribution in [3.63, 3.8) is 0 Å². The van der Waals surface area contributed by atoms with Crippen molar-refractivity contribution in [2.45, 2.75) is 44.4 Å². The highest BCUT2D eigenvalue weighted by molar-refractivity contribution is 5.93. The molecule has 2 atom stereocenters. The highest BCUT2D eigenvalue weighted by atomic mass is 19.3. The summed E-state index contributed by atoms with van der Waals surface area (Å²) < 4.78 is 27.7. The fourth-order valence-electron chi connectivity index (χ4n) is 4.35. The van der Waals surface area contributed by atoms with Crippen LogP contribution in [0.5, 0.6) is 0 Å². The van der Waals surface area contributed by atoms with Crippen molar-refractivity contribution in [3.8, 4) is 0 Å². The molecule has 5 rings (SSSR count). The van der Waals surface area contributed by atoms with Gasteiger partial charge in [0.15, 0.2) is 5.69 Å². The molecule has 2 bridgehead atoms. The minimum absolute atomic E-state index is 0.00590. The fraction of sp³-hybridized carbons (Fsp3) is 0.368.